The molecule has 1 aromatic rings. The molecule has 1 aromatic heterocycles. The van der Waals surface area contributed by atoms with Gasteiger partial charge in [0, 0.05) is 10.8 Å². The standard InChI is InChI=1S/C13H15NO3S/c1-6-5-8(6)11(15)14-12-10(13(16)17)7-3-2-4-9(7)18-12/h6,8H,2-5H2,1H3,(H,14,15)(H,16,17)/t6-,8+/m0/s1. The van der Waals surface area contributed by atoms with Gasteiger partial charge in [-0.05, 0) is 37.2 Å². The third kappa shape index (κ3) is 1.82. The van der Waals surface area contributed by atoms with E-state index in [4.69, 9.17) is 0 Å². The van der Waals surface area contributed by atoms with Gasteiger partial charge < -0.3 is 10.4 Å². The van der Waals surface area contributed by atoms with Crippen molar-refractivity contribution in [1.29, 1.82) is 0 Å². The van der Waals surface area contributed by atoms with Crippen molar-refractivity contribution in [3.8, 4) is 0 Å². The molecule has 0 saturated heterocycles. The SMILES string of the molecule is C[C@H]1C[C@H]1C(=O)Nc1sc2c(c1C(=O)O)CCC2. The average molecular weight is 265 g/mol. The molecule has 2 aliphatic carbocycles. The number of thiophene rings is 1. The maximum absolute atomic E-state index is 11.9. The van der Waals surface area contributed by atoms with Gasteiger partial charge >= 0.3 is 5.97 Å². The lowest BCUT2D eigenvalue weighted by atomic mass is 10.1. The number of carboxylic acid groups (broad SMARTS) is 1. The summed E-state index contributed by atoms with van der Waals surface area (Å²) in [7, 11) is 0. The molecule has 0 radical (unpaired) electrons. The molecule has 0 aliphatic heterocycles. The summed E-state index contributed by atoms with van der Waals surface area (Å²) in [4.78, 5) is 24.3. The summed E-state index contributed by atoms with van der Waals surface area (Å²) < 4.78 is 0. The van der Waals surface area contributed by atoms with Gasteiger partial charge in [0.25, 0.3) is 0 Å². The van der Waals surface area contributed by atoms with Gasteiger partial charge in [-0.25, -0.2) is 4.79 Å². The highest BCUT2D eigenvalue weighted by molar-refractivity contribution is 7.17. The van der Waals surface area contributed by atoms with Crippen LogP contribution in [-0.4, -0.2) is 17.0 Å². The molecule has 0 unspecified atom stereocenters. The minimum absolute atomic E-state index is 0.0232. The number of aromatic carboxylic acids is 1. The van der Waals surface area contributed by atoms with Gasteiger partial charge in [-0.3, -0.25) is 4.79 Å². The average Bonchev–Trinajstić information content (AvgIpc) is 2.70. The van der Waals surface area contributed by atoms with Crippen molar-refractivity contribution in [3.63, 3.8) is 0 Å². The van der Waals surface area contributed by atoms with Crippen LogP contribution in [0.2, 0.25) is 0 Å². The lowest BCUT2D eigenvalue weighted by molar-refractivity contribution is -0.117. The highest BCUT2D eigenvalue weighted by atomic mass is 32.1. The van der Waals surface area contributed by atoms with Crippen molar-refractivity contribution < 1.29 is 14.7 Å². The molecule has 2 aliphatic rings. The van der Waals surface area contributed by atoms with Gasteiger partial charge in [0.05, 0.1) is 5.56 Å². The third-order valence-electron chi connectivity index (χ3n) is 3.82. The van der Waals surface area contributed by atoms with Crippen LogP contribution in [0.5, 0.6) is 0 Å². The summed E-state index contributed by atoms with van der Waals surface area (Å²) in [5.74, 6) is -0.438. The number of rotatable bonds is 3. The van der Waals surface area contributed by atoms with E-state index in [-0.39, 0.29) is 11.8 Å². The van der Waals surface area contributed by atoms with E-state index < -0.39 is 5.97 Å². The number of fused-ring (bicyclic) bond motifs is 1. The smallest absolute Gasteiger partial charge is 0.339 e. The maximum Gasteiger partial charge on any atom is 0.339 e. The van der Waals surface area contributed by atoms with Crippen molar-refractivity contribution in [1.82, 2.24) is 0 Å². The Bertz CT molecular complexity index is 535. The molecular formula is C13H15NO3S. The number of amides is 1. The van der Waals surface area contributed by atoms with Gasteiger partial charge in [-0.1, -0.05) is 6.92 Å². The number of hydrogen-bond acceptors (Lipinski definition) is 3. The van der Waals surface area contributed by atoms with Crippen molar-refractivity contribution in [2.75, 3.05) is 5.32 Å². The van der Waals surface area contributed by atoms with Crippen LogP contribution in [0.3, 0.4) is 0 Å². The monoisotopic (exact) mass is 265 g/mol. The first-order chi connectivity index (χ1) is 8.58. The largest absolute Gasteiger partial charge is 0.478 e. The zero-order valence-electron chi connectivity index (χ0n) is 10.2. The molecule has 18 heavy (non-hydrogen) atoms. The molecule has 96 valence electrons. The Labute approximate surface area is 109 Å². The second kappa shape index (κ2) is 4.09. The fourth-order valence-corrected chi connectivity index (χ4v) is 3.89. The topological polar surface area (TPSA) is 66.4 Å². The van der Waals surface area contributed by atoms with Gasteiger partial charge in [0.2, 0.25) is 5.91 Å². The van der Waals surface area contributed by atoms with Crippen LogP contribution in [-0.2, 0) is 17.6 Å². The number of hydrogen-bond donors (Lipinski definition) is 2. The van der Waals surface area contributed by atoms with Crippen LogP contribution in [0.4, 0.5) is 5.00 Å². The van der Waals surface area contributed by atoms with Crippen molar-refractivity contribution in [2.45, 2.75) is 32.6 Å². The molecule has 0 bridgehead atoms. The molecule has 0 aromatic carbocycles. The Hall–Kier alpha value is -1.36. The van der Waals surface area contributed by atoms with Gasteiger partial charge in [0.1, 0.15) is 5.00 Å². The number of nitrogens with one attached hydrogen (secondary N) is 1. The van der Waals surface area contributed by atoms with E-state index in [0.29, 0.717) is 16.5 Å². The summed E-state index contributed by atoms with van der Waals surface area (Å²) >= 11 is 1.44. The van der Waals surface area contributed by atoms with Crippen molar-refractivity contribution in [3.05, 3.63) is 16.0 Å². The lowest BCUT2D eigenvalue weighted by Gasteiger charge is -2.04. The molecule has 4 nitrogen and oxygen atoms in total. The highest BCUT2D eigenvalue weighted by Crippen LogP contribution is 2.42. The highest BCUT2D eigenvalue weighted by Gasteiger charge is 2.40. The van der Waals surface area contributed by atoms with Crippen LogP contribution < -0.4 is 5.32 Å². The predicted molar refractivity (Wildman–Crippen MR) is 69.2 cm³/mol. The van der Waals surface area contributed by atoms with Gasteiger partial charge in [0.15, 0.2) is 0 Å². The van der Waals surface area contributed by atoms with Crippen molar-refractivity contribution in [2.24, 2.45) is 11.8 Å². The summed E-state index contributed by atoms with van der Waals surface area (Å²) in [5, 5.41) is 12.6. The van der Waals surface area contributed by atoms with Gasteiger partial charge in [-0.2, -0.15) is 0 Å². The quantitative estimate of drug-likeness (QED) is 0.882. The summed E-state index contributed by atoms with van der Waals surface area (Å²) in [5.41, 5.74) is 1.26. The molecule has 1 amide bonds. The molecule has 1 heterocycles. The van der Waals surface area contributed by atoms with E-state index in [2.05, 4.69) is 5.32 Å². The fraction of sp³-hybridized carbons (Fsp3) is 0.538. The summed E-state index contributed by atoms with van der Waals surface area (Å²) in [6.07, 6.45) is 3.70. The number of carboxylic acids is 1. The fourth-order valence-electron chi connectivity index (χ4n) is 2.61. The zero-order valence-corrected chi connectivity index (χ0v) is 11.0. The van der Waals surface area contributed by atoms with Crippen LogP contribution in [0, 0.1) is 11.8 Å². The third-order valence-corrected chi connectivity index (χ3v) is 5.03. The molecular weight excluding hydrogens is 250 g/mol. The second-order valence-electron chi connectivity index (χ2n) is 5.18. The summed E-state index contributed by atoms with van der Waals surface area (Å²) in [6, 6.07) is 0. The van der Waals surface area contributed by atoms with E-state index in [9.17, 15) is 14.7 Å². The number of carbonyl (C=O) groups is 2. The first-order valence-corrected chi connectivity index (χ1v) is 7.08. The summed E-state index contributed by atoms with van der Waals surface area (Å²) in [6.45, 7) is 2.04. The number of carbonyl (C=O) groups excluding carboxylic acids is 1. The Balaban J connectivity index is 1.87. The van der Waals surface area contributed by atoms with E-state index >= 15 is 0 Å². The molecule has 0 spiro atoms. The Morgan fingerprint density at radius 1 is 1.39 bits per heavy atom. The molecule has 2 atom stereocenters. The Morgan fingerprint density at radius 3 is 2.72 bits per heavy atom. The Kier molecular flexibility index (Phi) is 2.66. The minimum Gasteiger partial charge on any atom is -0.478 e. The van der Waals surface area contributed by atoms with Crippen LogP contribution in [0.15, 0.2) is 0 Å². The molecule has 1 saturated carbocycles. The molecule has 3 rings (SSSR count). The number of aryl methyl sites for hydroxylation is 1. The molecule has 1 fully saturated rings. The van der Waals surface area contributed by atoms with E-state index in [1.165, 1.54) is 11.3 Å². The maximum atomic E-state index is 11.9. The molecule has 2 N–H and O–H groups in total. The second-order valence-corrected chi connectivity index (χ2v) is 6.28. The van der Waals surface area contributed by atoms with Crippen LogP contribution in [0.1, 0.15) is 40.6 Å². The van der Waals surface area contributed by atoms with Crippen LogP contribution in [0.25, 0.3) is 0 Å². The number of anilines is 1. The van der Waals surface area contributed by atoms with E-state index in [1.54, 1.807) is 0 Å². The van der Waals surface area contributed by atoms with E-state index in [1.807, 2.05) is 6.92 Å². The van der Waals surface area contributed by atoms with Crippen molar-refractivity contribution >= 4 is 28.2 Å². The zero-order chi connectivity index (χ0) is 12.9. The first-order valence-electron chi connectivity index (χ1n) is 6.26. The first kappa shape index (κ1) is 11.7. The Morgan fingerprint density at radius 2 is 2.11 bits per heavy atom. The van der Waals surface area contributed by atoms with Gasteiger partial charge in [-0.15, -0.1) is 11.3 Å². The van der Waals surface area contributed by atoms with E-state index in [0.717, 1.165) is 36.1 Å². The molecule has 5 heteroatoms. The minimum atomic E-state index is -0.923. The van der Waals surface area contributed by atoms with Crippen LogP contribution >= 0.6 is 11.3 Å². The predicted octanol–water partition coefficient (Wildman–Crippen LogP) is 2.53. The normalized spacial score (nSPS) is 24.7. The lowest BCUT2D eigenvalue weighted by Crippen LogP contribution is -2.16.